The van der Waals surface area contributed by atoms with Crippen LogP contribution in [0.15, 0.2) is 18.2 Å². The lowest BCUT2D eigenvalue weighted by atomic mass is 10.3. The molecule has 1 heterocycles. The van der Waals surface area contributed by atoms with E-state index >= 15 is 0 Å². The van der Waals surface area contributed by atoms with Gasteiger partial charge in [0.15, 0.2) is 0 Å². The van der Waals surface area contributed by atoms with Crippen LogP contribution in [0.5, 0.6) is 0 Å². The van der Waals surface area contributed by atoms with E-state index in [0.717, 1.165) is 12.8 Å². The fourth-order valence-electron chi connectivity index (χ4n) is 1.72. The fraction of sp³-hybridized carbons (Fsp3) is 0.417. The van der Waals surface area contributed by atoms with E-state index in [1.54, 1.807) is 23.1 Å². The van der Waals surface area contributed by atoms with Crippen LogP contribution in [0.25, 0.3) is 0 Å². The Bertz CT molecular complexity index is 462. The van der Waals surface area contributed by atoms with E-state index < -0.39 is 0 Å². The lowest BCUT2D eigenvalue weighted by molar-refractivity contribution is 0.0741. The molecule has 0 aliphatic heterocycles. The maximum atomic E-state index is 12.2. The zero-order valence-electron chi connectivity index (χ0n) is 9.47. The molecule has 5 nitrogen and oxygen atoms in total. The molecule has 5 heteroatoms. The zero-order chi connectivity index (χ0) is 12.3. The van der Waals surface area contributed by atoms with Crippen molar-refractivity contribution >= 4 is 11.7 Å². The van der Waals surface area contributed by atoms with Crippen molar-refractivity contribution in [3.8, 4) is 6.07 Å². The number of rotatable bonds is 4. The van der Waals surface area contributed by atoms with Gasteiger partial charge in [-0.25, -0.2) is 4.98 Å². The molecule has 1 aliphatic carbocycles. The average Bonchev–Trinajstić information content (AvgIpc) is 3.14. The van der Waals surface area contributed by atoms with E-state index in [1.807, 2.05) is 0 Å². The summed E-state index contributed by atoms with van der Waals surface area (Å²) in [7, 11) is 0. The van der Waals surface area contributed by atoms with Crippen molar-refractivity contribution in [3.05, 3.63) is 23.9 Å². The molecular formula is C12H14N4O. The Morgan fingerprint density at radius 2 is 2.35 bits per heavy atom. The second kappa shape index (κ2) is 4.83. The molecule has 0 saturated heterocycles. The maximum absolute atomic E-state index is 12.2. The van der Waals surface area contributed by atoms with Gasteiger partial charge in [-0.15, -0.1) is 0 Å². The largest absolute Gasteiger partial charge is 0.384 e. The summed E-state index contributed by atoms with van der Waals surface area (Å²) in [6, 6.07) is 7.35. The van der Waals surface area contributed by atoms with E-state index in [9.17, 15) is 4.79 Å². The first kappa shape index (κ1) is 11.4. The highest BCUT2D eigenvalue weighted by Crippen LogP contribution is 2.28. The monoisotopic (exact) mass is 230 g/mol. The van der Waals surface area contributed by atoms with Gasteiger partial charge in [-0.3, -0.25) is 4.79 Å². The number of anilines is 1. The van der Waals surface area contributed by atoms with Crippen LogP contribution in [-0.4, -0.2) is 28.4 Å². The Balaban J connectivity index is 2.13. The number of nitrogen functional groups attached to an aromatic ring is 1. The summed E-state index contributed by atoms with van der Waals surface area (Å²) >= 11 is 0. The summed E-state index contributed by atoms with van der Waals surface area (Å²) in [5.41, 5.74) is 5.91. The minimum atomic E-state index is -0.130. The second-order valence-electron chi connectivity index (χ2n) is 4.09. The van der Waals surface area contributed by atoms with E-state index in [1.165, 1.54) is 0 Å². The highest BCUT2D eigenvalue weighted by molar-refractivity contribution is 5.93. The van der Waals surface area contributed by atoms with Gasteiger partial charge in [-0.05, 0) is 25.0 Å². The lowest BCUT2D eigenvalue weighted by Gasteiger charge is -2.20. The van der Waals surface area contributed by atoms with Crippen LogP contribution in [0.1, 0.15) is 29.8 Å². The highest BCUT2D eigenvalue weighted by atomic mass is 16.2. The molecule has 1 fully saturated rings. The standard InChI is InChI=1S/C12H14N4O/c13-7-2-8-16(9-5-6-9)12(17)10-3-1-4-11(14)15-10/h1,3-4,9H,2,5-6,8H2,(H2,14,15). The van der Waals surface area contributed by atoms with E-state index in [2.05, 4.69) is 11.1 Å². The van der Waals surface area contributed by atoms with Crippen molar-refractivity contribution in [1.29, 1.82) is 5.26 Å². The number of nitrogens with two attached hydrogens (primary N) is 1. The average molecular weight is 230 g/mol. The molecule has 0 atom stereocenters. The van der Waals surface area contributed by atoms with Crippen LogP contribution >= 0.6 is 0 Å². The van der Waals surface area contributed by atoms with Crippen LogP contribution in [-0.2, 0) is 0 Å². The number of carbonyl (C=O) groups is 1. The van der Waals surface area contributed by atoms with Crippen molar-refractivity contribution in [1.82, 2.24) is 9.88 Å². The summed E-state index contributed by atoms with van der Waals surface area (Å²) in [5, 5.41) is 8.59. The molecule has 1 saturated carbocycles. The molecule has 0 spiro atoms. The Hall–Kier alpha value is -2.09. The molecule has 2 N–H and O–H groups in total. The molecule has 0 aromatic carbocycles. The van der Waals surface area contributed by atoms with Crippen molar-refractivity contribution in [2.24, 2.45) is 0 Å². The van der Waals surface area contributed by atoms with Gasteiger partial charge in [-0.2, -0.15) is 5.26 Å². The van der Waals surface area contributed by atoms with Crippen molar-refractivity contribution in [3.63, 3.8) is 0 Å². The summed E-state index contributed by atoms with van der Waals surface area (Å²) in [6.07, 6.45) is 2.38. The number of aromatic nitrogens is 1. The van der Waals surface area contributed by atoms with Gasteiger partial charge in [0.2, 0.25) is 0 Å². The molecule has 1 aromatic rings. The summed E-state index contributed by atoms with van der Waals surface area (Å²) < 4.78 is 0. The Kier molecular flexibility index (Phi) is 3.24. The van der Waals surface area contributed by atoms with Crippen LogP contribution in [0, 0.1) is 11.3 Å². The molecule has 17 heavy (non-hydrogen) atoms. The first-order chi connectivity index (χ1) is 8.22. The molecule has 1 aromatic heterocycles. The zero-order valence-corrected chi connectivity index (χ0v) is 9.47. The molecule has 88 valence electrons. The number of pyridine rings is 1. The molecule has 1 amide bonds. The topological polar surface area (TPSA) is 83.0 Å². The number of nitrogens with zero attached hydrogens (tertiary/aromatic N) is 3. The molecule has 0 unspecified atom stereocenters. The molecule has 0 radical (unpaired) electrons. The van der Waals surface area contributed by atoms with Crippen LogP contribution in [0.3, 0.4) is 0 Å². The minimum Gasteiger partial charge on any atom is -0.384 e. The molecular weight excluding hydrogens is 216 g/mol. The lowest BCUT2D eigenvalue weighted by Crippen LogP contribution is -2.34. The molecule has 1 aliphatic rings. The quantitative estimate of drug-likeness (QED) is 0.841. The number of hydrogen-bond acceptors (Lipinski definition) is 4. The van der Waals surface area contributed by atoms with Crippen molar-refractivity contribution < 1.29 is 4.79 Å². The smallest absolute Gasteiger partial charge is 0.272 e. The van der Waals surface area contributed by atoms with Crippen LogP contribution in [0.4, 0.5) is 5.82 Å². The summed E-state index contributed by atoms with van der Waals surface area (Å²) in [5.74, 6) is 0.210. The first-order valence-corrected chi connectivity index (χ1v) is 5.63. The third-order valence-corrected chi connectivity index (χ3v) is 2.70. The van der Waals surface area contributed by atoms with Gasteiger partial charge in [-0.1, -0.05) is 6.07 Å². The Morgan fingerprint density at radius 1 is 1.59 bits per heavy atom. The highest BCUT2D eigenvalue weighted by Gasteiger charge is 2.33. The predicted octanol–water partition coefficient (Wildman–Crippen LogP) is 1.18. The summed E-state index contributed by atoms with van der Waals surface area (Å²) in [4.78, 5) is 17.9. The third kappa shape index (κ3) is 2.72. The van der Waals surface area contributed by atoms with Gasteiger partial charge < -0.3 is 10.6 Å². The second-order valence-corrected chi connectivity index (χ2v) is 4.09. The predicted molar refractivity (Wildman–Crippen MR) is 62.9 cm³/mol. The van der Waals surface area contributed by atoms with E-state index in [4.69, 9.17) is 11.0 Å². The van der Waals surface area contributed by atoms with Crippen LogP contribution in [0.2, 0.25) is 0 Å². The van der Waals surface area contributed by atoms with Crippen molar-refractivity contribution in [2.75, 3.05) is 12.3 Å². The normalized spacial score (nSPS) is 14.1. The van der Waals surface area contributed by atoms with Gasteiger partial charge in [0.25, 0.3) is 5.91 Å². The Morgan fingerprint density at radius 3 is 2.94 bits per heavy atom. The maximum Gasteiger partial charge on any atom is 0.272 e. The Labute approximate surface area is 99.9 Å². The number of amides is 1. The van der Waals surface area contributed by atoms with E-state index in [-0.39, 0.29) is 11.9 Å². The third-order valence-electron chi connectivity index (χ3n) is 2.70. The number of hydrogen-bond donors (Lipinski definition) is 1. The SMILES string of the molecule is N#CCCN(C(=O)c1cccc(N)n1)C1CC1. The van der Waals surface area contributed by atoms with Gasteiger partial charge in [0.05, 0.1) is 12.5 Å². The van der Waals surface area contributed by atoms with Crippen molar-refractivity contribution in [2.45, 2.75) is 25.3 Å². The first-order valence-electron chi connectivity index (χ1n) is 5.63. The number of carbonyl (C=O) groups excluding carboxylic acids is 1. The molecule has 0 bridgehead atoms. The summed E-state index contributed by atoms with van der Waals surface area (Å²) in [6.45, 7) is 0.469. The number of nitriles is 1. The molecule has 2 rings (SSSR count). The van der Waals surface area contributed by atoms with Gasteiger partial charge in [0, 0.05) is 12.6 Å². The minimum absolute atomic E-state index is 0.130. The van der Waals surface area contributed by atoms with E-state index in [0.29, 0.717) is 24.5 Å². The van der Waals surface area contributed by atoms with Gasteiger partial charge in [0.1, 0.15) is 11.5 Å². The van der Waals surface area contributed by atoms with Crippen LogP contribution < -0.4 is 5.73 Å². The fourth-order valence-corrected chi connectivity index (χ4v) is 1.72. The van der Waals surface area contributed by atoms with Gasteiger partial charge >= 0.3 is 0 Å².